The third-order valence-electron chi connectivity index (χ3n) is 6.44. The summed E-state index contributed by atoms with van der Waals surface area (Å²) in [4.78, 5) is 26.3. The monoisotopic (exact) mass is 396 g/mol. The fraction of sp³-hybridized carbons (Fsp3) is 0.478. The van der Waals surface area contributed by atoms with Crippen molar-refractivity contribution < 1.29 is 19.8 Å². The SMILES string of the molecule is O=C(O)N[C@@H]1CCN(C(=O)C(c2ccc3ccccc3c2)C2(O)CCCCC2)C1. The number of carbonyl (C=O) groups excluding carboxylic acids is 1. The number of nitrogens with one attached hydrogen (secondary N) is 1. The van der Waals surface area contributed by atoms with Crippen molar-refractivity contribution in [3.63, 3.8) is 0 Å². The molecular formula is C23H28N2O4. The molecule has 1 unspecified atom stereocenters. The van der Waals surface area contributed by atoms with Crippen molar-refractivity contribution in [2.24, 2.45) is 0 Å². The van der Waals surface area contributed by atoms with Crippen LogP contribution in [0.1, 0.15) is 50.0 Å². The van der Waals surface area contributed by atoms with E-state index >= 15 is 0 Å². The largest absolute Gasteiger partial charge is 0.465 e. The summed E-state index contributed by atoms with van der Waals surface area (Å²) in [6.07, 6.45) is 3.66. The molecular weight excluding hydrogens is 368 g/mol. The van der Waals surface area contributed by atoms with E-state index in [9.17, 15) is 14.7 Å². The summed E-state index contributed by atoms with van der Waals surface area (Å²) in [6, 6.07) is 13.8. The van der Waals surface area contributed by atoms with Crippen molar-refractivity contribution in [3.8, 4) is 0 Å². The lowest BCUT2D eigenvalue weighted by atomic mass is 9.72. The molecule has 0 aromatic heterocycles. The van der Waals surface area contributed by atoms with E-state index in [1.807, 2.05) is 42.5 Å². The maximum absolute atomic E-state index is 13.6. The Morgan fingerprint density at radius 3 is 2.52 bits per heavy atom. The number of carboxylic acid groups (broad SMARTS) is 1. The van der Waals surface area contributed by atoms with Gasteiger partial charge >= 0.3 is 6.09 Å². The summed E-state index contributed by atoms with van der Waals surface area (Å²) in [5.74, 6) is -0.727. The van der Waals surface area contributed by atoms with E-state index in [1.165, 1.54) is 0 Å². The average molecular weight is 396 g/mol. The normalized spacial score (nSPS) is 22.4. The Balaban J connectivity index is 1.66. The van der Waals surface area contributed by atoms with Crippen molar-refractivity contribution in [1.82, 2.24) is 10.2 Å². The highest BCUT2D eigenvalue weighted by Gasteiger charge is 2.45. The number of benzene rings is 2. The Morgan fingerprint density at radius 2 is 1.79 bits per heavy atom. The Hall–Kier alpha value is -2.60. The lowest BCUT2D eigenvalue weighted by Gasteiger charge is -2.40. The smallest absolute Gasteiger partial charge is 0.404 e. The number of hydrogen-bond acceptors (Lipinski definition) is 3. The Labute approximate surface area is 170 Å². The topological polar surface area (TPSA) is 89.9 Å². The van der Waals surface area contributed by atoms with E-state index in [1.54, 1.807) is 4.90 Å². The number of nitrogens with zero attached hydrogens (tertiary/aromatic N) is 1. The molecule has 1 heterocycles. The number of carbonyl (C=O) groups is 2. The van der Waals surface area contributed by atoms with Crippen LogP contribution in [-0.2, 0) is 4.79 Å². The van der Waals surface area contributed by atoms with E-state index in [2.05, 4.69) is 5.32 Å². The third-order valence-corrected chi connectivity index (χ3v) is 6.44. The van der Waals surface area contributed by atoms with Crippen LogP contribution in [0.25, 0.3) is 10.8 Å². The van der Waals surface area contributed by atoms with Gasteiger partial charge in [-0.1, -0.05) is 61.7 Å². The summed E-state index contributed by atoms with van der Waals surface area (Å²) in [6.45, 7) is 0.856. The van der Waals surface area contributed by atoms with Crippen molar-refractivity contribution in [2.45, 2.75) is 56.1 Å². The molecule has 6 heteroatoms. The minimum Gasteiger partial charge on any atom is -0.465 e. The maximum Gasteiger partial charge on any atom is 0.404 e. The van der Waals surface area contributed by atoms with Crippen molar-refractivity contribution in [2.75, 3.05) is 13.1 Å². The number of rotatable bonds is 4. The van der Waals surface area contributed by atoms with Gasteiger partial charge in [-0.05, 0) is 35.6 Å². The number of fused-ring (bicyclic) bond motifs is 1. The van der Waals surface area contributed by atoms with E-state index < -0.39 is 17.6 Å². The van der Waals surface area contributed by atoms with Gasteiger partial charge in [-0.15, -0.1) is 0 Å². The fourth-order valence-corrected chi connectivity index (χ4v) is 4.96. The van der Waals surface area contributed by atoms with E-state index in [0.29, 0.717) is 32.4 Å². The van der Waals surface area contributed by atoms with Gasteiger partial charge in [0.1, 0.15) is 0 Å². The van der Waals surface area contributed by atoms with E-state index in [0.717, 1.165) is 35.6 Å². The molecule has 4 rings (SSSR count). The fourth-order valence-electron chi connectivity index (χ4n) is 4.96. The molecule has 1 saturated heterocycles. The average Bonchev–Trinajstić information content (AvgIpc) is 3.16. The van der Waals surface area contributed by atoms with E-state index in [-0.39, 0.29) is 11.9 Å². The number of likely N-dealkylation sites (tertiary alicyclic amines) is 1. The third kappa shape index (κ3) is 4.08. The van der Waals surface area contributed by atoms with Gasteiger partial charge in [0.05, 0.1) is 17.6 Å². The number of hydrogen-bond donors (Lipinski definition) is 3. The minimum atomic E-state index is -1.07. The van der Waals surface area contributed by atoms with Gasteiger partial charge in [-0.25, -0.2) is 4.79 Å². The van der Waals surface area contributed by atoms with Crippen LogP contribution in [0.5, 0.6) is 0 Å². The molecule has 29 heavy (non-hydrogen) atoms. The van der Waals surface area contributed by atoms with Crippen LogP contribution in [0.15, 0.2) is 42.5 Å². The Bertz CT molecular complexity index is 907. The van der Waals surface area contributed by atoms with Gasteiger partial charge in [0.15, 0.2) is 0 Å². The molecule has 154 valence electrons. The quantitative estimate of drug-likeness (QED) is 0.738. The highest BCUT2D eigenvalue weighted by Crippen LogP contribution is 2.42. The van der Waals surface area contributed by atoms with Gasteiger partial charge < -0.3 is 20.4 Å². The molecule has 2 atom stereocenters. The van der Waals surface area contributed by atoms with Crippen molar-refractivity contribution in [1.29, 1.82) is 0 Å². The molecule has 0 spiro atoms. The lowest BCUT2D eigenvalue weighted by molar-refractivity contribution is -0.140. The molecule has 1 saturated carbocycles. The van der Waals surface area contributed by atoms with Crippen LogP contribution in [0.3, 0.4) is 0 Å². The van der Waals surface area contributed by atoms with Crippen molar-refractivity contribution >= 4 is 22.8 Å². The molecule has 2 amide bonds. The van der Waals surface area contributed by atoms with Gasteiger partial charge in [0.2, 0.25) is 5.91 Å². The first-order valence-corrected chi connectivity index (χ1v) is 10.5. The Morgan fingerprint density at radius 1 is 1.07 bits per heavy atom. The predicted octanol–water partition coefficient (Wildman–Crippen LogP) is 3.49. The molecule has 1 aliphatic carbocycles. The van der Waals surface area contributed by atoms with Crippen LogP contribution in [-0.4, -0.2) is 51.8 Å². The molecule has 2 aromatic rings. The maximum atomic E-state index is 13.6. The summed E-state index contributed by atoms with van der Waals surface area (Å²) in [7, 11) is 0. The zero-order chi connectivity index (χ0) is 20.4. The molecule has 0 bridgehead atoms. The molecule has 6 nitrogen and oxygen atoms in total. The molecule has 3 N–H and O–H groups in total. The minimum absolute atomic E-state index is 0.0978. The second-order valence-electron chi connectivity index (χ2n) is 8.42. The predicted molar refractivity (Wildman–Crippen MR) is 111 cm³/mol. The second-order valence-corrected chi connectivity index (χ2v) is 8.42. The first-order valence-electron chi connectivity index (χ1n) is 10.5. The van der Waals surface area contributed by atoms with Crippen LogP contribution in [0, 0.1) is 0 Å². The molecule has 1 aliphatic heterocycles. The first-order chi connectivity index (χ1) is 14.0. The van der Waals surface area contributed by atoms with Crippen molar-refractivity contribution in [3.05, 3.63) is 48.0 Å². The number of aliphatic hydroxyl groups is 1. The summed E-state index contributed by atoms with van der Waals surface area (Å²) in [5, 5.41) is 25.1. The summed E-state index contributed by atoms with van der Waals surface area (Å²) >= 11 is 0. The van der Waals surface area contributed by atoms with Gasteiger partial charge in [-0.2, -0.15) is 0 Å². The second kappa shape index (κ2) is 8.03. The van der Waals surface area contributed by atoms with Crippen LogP contribution in [0.2, 0.25) is 0 Å². The highest BCUT2D eigenvalue weighted by atomic mass is 16.4. The molecule has 0 radical (unpaired) electrons. The molecule has 2 aliphatic rings. The first kappa shape index (κ1) is 19.7. The lowest BCUT2D eigenvalue weighted by Crippen LogP contribution is -2.48. The standard InChI is InChI=1S/C23H28N2O4/c26-21(25-13-10-19(15-25)24-22(27)28)20(23(29)11-4-1-5-12-23)18-9-8-16-6-2-3-7-17(16)14-18/h2-3,6-9,14,19-20,24,29H,1,4-5,10-13,15H2,(H,27,28)/t19-,20?/m1/s1. The van der Waals surface area contributed by atoms with Gasteiger partial charge in [0.25, 0.3) is 0 Å². The Kier molecular flexibility index (Phi) is 5.46. The van der Waals surface area contributed by atoms with Crippen LogP contribution < -0.4 is 5.32 Å². The summed E-state index contributed by atoms with van der Waals surface area (Å²) < 4.78 is 0. The molecule has 2 fully saturated rings. The van der Waals surface area contributed by atoms with E-state index in [4.69, 9.17) is 5.11 Å². The van der Waals surface area contributed by atoms with Gasteiger partial charge in [0, 0.05) is 13.1 Å². The van der Waals surface area contributed by atoms with Gasteiger partial charge in [-0.3, -0.25) is 4.79 Å². The van der Waals surface area contributed by atoms with Crippen LogP contribution >= 0.6 is 0 Å². The number of amides is 2. The zero-order valence-corrected chi connectivity index (χ0v) is 16.5. The summed E-state index contributed by atoms with van der Waals surface area (Å²) in [5.41, 5.74) is -0.219. The zero-order valence-electron chi connectivity index (χ0n) is 16.5. The van der Waals surface area contributed by atoms with Crippen LogP contribution in [0.4, 0.5) is 4.79 Å². The highest BCUT2D eigenvalue weighted by molar-refractivity contribution is 5.89. The molecule has 2 aromatic carbocycles.